The molecule has 0 unspecified atom stereocenters. The van der Waals surface area contributed by atoms with Crippen molar-refractivity contribution in [3.63, 3.8) is 0 Å². The summed E-state index contributed by atoms with van der Waals surface area (Å²) in [4.78, 5) is 8.31. The van der Waals surface area contributed by atoms with Crippen molar-refractivity contribution in [2.24, 2.45) is 0 Å². The summed E-state index contributed by atoms with van der Waals surface area (Å²) >= 11 is 0. The van der Waals surface area contributed by atoms with Crippen molar-refractivity contribution >= 4 is 11.6 Å². The van der Waals surface area contributed by atoms with Gasteiger partial charge >= 0.3 is 0 Å². The lowest BCUT2D eigenvalue weighted by Crippen LogP contribution is -2.07. The first-order valence-corrected chi connectivity index (χ1v) is 6.19. The van der Waals surface area contributed by atoms with Gasteiger partial charge in [0, 0.05) is 26.3 Å². The third kappa shape index (κ3) is 4.59. The summed E-state index contributed by atoms with van der Waals surface area (Å²) in [5.41, 5.74) is 0. The molecule has 2 rings (SSSR count). The van der Waals surface area contributed by atoms with Gasteiger partial charge in [-0.25, -0.2) is 9.97 Å². The molecule has 2 aromatic heterocycles. The first-order valence-electron chi connectivity index (χ1n) is 6.19. The van der Waals surface area contributed by atoms with Crippen LogP contribution in [0.2, 0.25) is 0 Å². The Morgan fingerprint density at radius 2 is 2.11 bits per heavy atom. The molecular formula is C13H18N4O2. The molecule has 2 heterocycles. The number of hydrogen-bond donors (Lipinski definition) is 2. The molecule has 0 radical (unpaired) electrons. The fourth-order valence-electron chi connectivity index (χ4n) is 1.57. The van der Waals surface area contributed by atoms with Gasteiger partial charge in [0.05, 0.1) is 12.8 Å². The Hall–Kier alpha value is -2.08. The van der Waals surface area contributed by atoms with Crippen molar-refractivity contribution in [2.75, 3.05) is 30.9 Å². The van der Waals surface area contributed by atoms with Crippen LogP contribution >= 0.6 is 0 Å². The maximum Gasteiger partial charge on any atom is 0.131 e. The molecule has 2 N–H and O–H groups in total. The highest BCUT2D eigenvalue weighted by molar-refractivity contribution is 5.46. The Morgan fingerprint density at radius 3 is 2.84 bits per heavy atom. The average molecular weight is 262 g/mol. The predicted octanol–water partition coefficient (Wildman–Crippen LogP) is 2.13. The molecule has 6 nitrogen and oxygen atoms in total. The van der Waals surface area contributed by atoms with E-state index in [1.807, 2.05) is 18.2 Å². The third-order valence-electron chi connectivity index (χ3n) is 2.52. The van der Waals surface area contributed by atoms with Crippen molar-refractivity contribution in [2.45, 2.75) is 13.0 Å². The summed E-state index contributed by atoms with van der Waals surface area (Å²) in [6.07, 6.45) is 4.12. The highest BCUT2D eigenvalue weighted by Crippen LogP contribution is 2.10. The Morgan fingerprint density at radius 1 is 1.26 bits per heavy atom. The molecule has 0 spiro atoms. The number of nitrogens with zero attached hydrogens (tertiary/aromatic N) is 2. The molecule has 0 bridgehead atoms. The molecule has 6 heteroatoms. The van der Waals surface area contributed by atoms with E-state index >= 15 is 0 Å². The lowest BCUT2D eigenvalue weighted by Gasteiger charge is -2.07. The van der Waals surface area contributed by atoms with E-state index in [1.165, 1.54) is 6.33 Å². The van der Waals surface area contributed by atoms with Crippen molar-refractivity contribution in [1.29, 1.82) is 0 Å². The number of methoxy groups -OCH3 is 1. The van der Waals surface area contributed by atoms with E-state index < -0.39 is 0 Å². The molecule has 0 aliphatic rings. The van der Waals surface area contributed by atoms with Crippen molar-refractivity contribution in [1.82, 2.24) is 9.97 Å². The predicted molar refractivity (Wildman–Crippen MR) is 73.0 cm³/mol. The normalized spacial score (nSPS) is 10.4. The van der Waals surface area contributed by atoms with Crippen molar-refractivity contribution < 1.29 is 9.15 Å². The van der Waals surface area contributed by atoms with Crippen LogP contribution in [-0.2, 0) is 11.3 Å². The number of hydrogen-bond acceptors (Lipinski definition) is 6. The van der Waals surface area contributed by atoms with Gasteiger partial charge in [0.15, 0.2) is 0 Å². The number of anilines is 2. The summed E-state index contributed by atoms with van der Waals surface area (Å²) in [6, 6.07) is 5.65. The number of aromatic nitrogens is 2. The highest BCUT2D eigenvalue weighted by atomic mass is 16.5. The lowest BCUT2D eigenvalue weighted by molar-refractivity contribution is 0.198. The Labute approximate surface area is 112 Å². The zero-order valence-corrected chi connectivity index (χ0v) is 10.9. The van der Waals surface area contributed by atoms with Gasteiger partial charge < -0.3 is 19.8 Å². The van der Waals surface area contributed by atoms with Crippen LogP contribution in [0.15, 0.2) is 35.2 Å². The smallest absolute Gasteiger partial charge is 0.131 e. The van der Waals surface area contributed by atoms with Crippen LogP contribution in [0.1, 0.15) is 12.2 Å². The van der Waals surface area contributed by atoms with Crippen LogP contribution in [-0.4, -0.2) is 30.2 Å². The van der Waals surface area contributed by atoms with E-state index in [-0.39, 0.29) is 0 Å². The fourth-order valence-corrected chi connectivity index (χ4v) is 1.57. The third-order valence-corrected chi connectivity index (χ3v) is 2.52. The van der Waals surface area contributed by atoms with Gasteiger partial charge in [0.2, 0.25) is 0 Å². The van der Waals surface area contributed by atoms with Gasteiger partial charge in [-0.15, -0.1) is 0 Å². The minimum Gasteiger partial charge on any atom is -0.467 e. The van der Waals surface area contributed by atoms with E-state index in [2.05, 4.69) is 20.6 Å². The van der Waals surface area contributed by atoms with Gasteiger partial charge in [0.1, 0.15) is 23.7 Å². The maximum absolute atomic E-state index is 5.24. The van der Waals surface area contributed by atoms with Crippen LogP contribution in [0, 0.1) is 0 Å². The summed E-state index contributed by atoms with van der Waals surface area (Å²) in [7, 11) is 1.70. The minimum atomic E-state index is 0.604. The molecular weight excluding hydrogens is 244 g/mol. The summed E-state index contributed by atoms with van der Waals surface area (Å²) in [5, 5.41) is 6.40. The van der Waals surface area contributed by atoms with E-state index in [4.69, 9.17) is 9.15 Å². The van der Waals surface area contributed by atoms with Gasteiger partial charge in [-0.2, -0.15) is 0 Å². The van der Waals surface area contributed by atoms with Crippen molar-refractivity contribution in [3.8, 4) is 0 Å². The zero-order chi connectivity index (χ0) is 13.3. The number of rotatable bonds is 8. The Balaban J connectivity index is 1.81. The monoisotopic (exact) mass is 262 g/mol. The molecule has 0 saturated carbocycles. The summed E-state index contributed by atoms with van der Waals surface area (Å²) < 4.78 is 10.2. The standard InChI is InChI=1S/C13H18N4O2/c1-18-6-3-5-14-12-8-13(17-10-16-12)15-9-11-4-2-7-19-11/h2,4,7-8,10H,3,5-6,9H2,1H3,(H2,14,15,16,17). The highest BCUT2D eigenvalue weighted by Gasteiger charge is 2.00. The number of ether oxygens (including phenoxy) is 1. The quantitative estimate of drug-likeness (QED) is 0.710. The SMILES string of the molecule is COCCCNc1cc(NCc2ccco2)ncn1. The molecule has 0 aliphatic carbocycles. The number of nitrogens with one attached hydrogen (secondary N) is 2. The molecule has 102 valence electrons. The van der Waals surface area contributed by atoms with Crippen LogP contribution < -0.4 is 10.6 Å². The molecule has 0 atom stereocenters. The maximum atomic E-state index is 5.24. The van der Waals surface area contributed by atoms with Gasteiger partial charge in [-0.1, -0.05) is 0 Å². The Kier molecular flexibility index (Phi) is 5.18. The van der Waals surface area contributed by atoms with E-state index in [9.17, 15) is 0 Å². The molecule has 0 aromatic carbocycles. The van der Waals surface area contributed by atoms with Crippen LogP contribution in [0.5, 0.6) is 0 Å². The summed E-state index contributed by atoms with van der Waals surface area (Å²) in [5.74, 6) is 2.43. The largest absolute Gasteiger partial charge is 0.467 e. The molecule has 19 heavy (non-hydrogen) atoms. The Bertz CT molecular complexity index is 473. The molecule has 0 amide bonds. The topological polar surface area (TPSA) is 72.2 Å². The van der Waals surface area contributed by atoms with Crippen LogP contribution in [0.3, 0.4) is 0 Å². The fraction of sp³-hybridized carbons (Fsp3) is 0.385. The van der Waals surface area contributed by atoms with E-state index in [0.29, 0.717) is 6.54 Å². The second kappa shape index (κ2) is 7.38. The van der Waals surface area contributed by atoms with Gasteiger partial charge in [-0.05, 0) is 18.6 Å². The van der Waals surface area contributed by atoms with Crippen LogP contribution in [0.4, 0.5) is 11.6 Å². The molecule has 0 fully saturated rings. The first kappa shape index (κ1) is 13.4. The second-order valence-electron chi connectivity index (χ2n) is 3.99. The van der Waals surface area contributed by atoms with Gasteiger partial charge in [0.25, 0.3) is 0 Å². The van der Waals surface area contributed by atoms with E-state index in [1.54, 1.807) is 13.4 Å². The van der Waals surface area contributed by atoms with Gasteiger partial charge in [-0.3, -0.25) is 0 Å². The molecule has 0 aliphatic heterocycles. The van der Waals surface area contributed by atoms with Crippen LogP contribution in [0.25, 0.3) is 0 Å². The summed E-state index contributed by atoms with van der Waals surface area (Å²) in [6.45, 7) is 2.16. The lowest BCUT2D eigenvalue weighted by atomic mass is 10.4. The van der Waals surface area contributed by atoms with Crippen molar-refractivity contribution in [3.05, 3.63) is 36.5 Å². The second-order valence-corrected chi connectivity index (χ2v) is 3.99. The molecule has 0 saturated heterocycles. The average Bonchev–Trinajstić information content (AvgIpc) is 2.95. The molecule has 2 aromatic rings. The number of furan rings is 1. The zero-order valence-electron chi connectivity index (χ0n) is 10.9. The first-order chi connectivity index (χ1) is 9.38. The van der Waals surface area contributed by atoms with E-state index in [0.717, 1.165) is 37.0 Å². The minimum absolute atomic E-state index is 0.604.